The molecule has 0 saturated heterocycles. The van der Waals surface area contributed by atoms with Crippen LogP contribution in [0.5, 0.6) is 0 Å². The average molecular weight is 731 g/mol. The topological polar surface area (TPSA) is 61.8 Å². The molecule has 0 radical (unpaired) electrons. The lowest BCUT2D eigenvalue weighted by Crippen LogP contribution is -2.38. The summed E-state index contributed by atoms with van der Waals surface area (Å²) in [6.45, 7) is 12.1. The van der Waals surface area contributed by atoms with Gasteiger partial charge in [-0.1, -0.05) is 140 Å². The number of carbonyl (C=O) groups is 1. The number of ether oxygens (including phenoxy) is 1. The van der Waals surface area contributed by atoms with Crippen molar-refractivity contribution in [1.29, 1.82) is 0 Å². The van der Waals surface area contributed by atoms with Crippen molar-refractivity contribution < 1.29 is 14.7 Å². The number of allylic oxidation sites excluding steroid dienone is 8. The second kappa shape index (κ2) is 42.1. The van der Waals surface area contributed by atoms with E-state index in [-0.39, 0.29) is 17.6 Å². The molecular weight excluding hydrogens is 641 g/mol. The summed E-state index contributed by atoms with van der Waals surface area (Å²) < 4.78 is 6.08. The third kappa shape index (κ3) is 42.7. The van der Waals surface area contributed by atoms with Crippen LogP contribution in [0.15, 0.2) is 48.6 Å². The Morgan fingerprint density at radius 2 is 0.942 bits per heavy atom. The fourth-order valence-corrected chi connectivity index (χ4v) is 6.02. The number of hydrogen-bond acceptors (Lipinski definition) is 5. The third-order valence-electron chi connectivity index (χ3n) is 9.77. The van der Waals surface area contributed by atoms with Gasteiger partial charge >= 0.3 is 5.97 Å². The molecule has 0 rings (SSSR count). The molecule has 0 aromatic heterocycles. The summed E-state index contributed by atoms with van der Waals surface area (Å²) in [5.74, 6) is 0.00684. The molecule has 0 aliphatic carbocycles. The molecule has 0 aromatic rings. The molecule has 0 amide bonds. The Morgan fingerprint density at radius 3 is 1.31 bits per heavy atom. The first-order valence-corrected chi connectivity index (χ1v) is 22.0. The van der Waals surface area contributed by atoms with Crippen molar-refractivity contribution in [3.05, 3.63) is 48.6 Å². The Balaban J connectivity index is 0. The number of hydrogen-bond donors (Lipinski definition) is 2. The van der Waals surface area contributed by atoms with Crippen molar-refractivity contribution in [2.45, 2.75) is 226 Å². The SMILES string of the molecule is CCCCC/C=C\C/C=C\CCCCCCCCC(CCCCCCCC/C=C\C/C=C\CCCCC)OC(=O)CCCN(C)C(C)(C)C.CNO. The molecule has 2 N–H and O–H groups in total. The molecule has 52 heavy (non-hydrogen) atoms. The van der Waals surface area contributed by atoms with E-state index in [0.29, 0.717) is 6.42 Å². The van der Waals surface area contributed by atoms with E-state index in [2.05, 4.69) is 95.2 Å². The molecule has 0 bridgehead atoms. The van der Waals surface area contributed by atoms with Gasteiger partial charge in [-0.3, -0.25) is 4.79 Å². The van der Waals surface area contributed by atoms with Crippen molar-refractivity contribution in [3.8, 4) is 0 Å². The number of rotatable bonds is 35. The van der Waals surface area contributed by atoms with E-state index in [9.17, 15) is 4.79 Å². The monoisotopic (exact) mass is 731 g/mol. The van der Waals surface area contributed by atoms with Gasteiger partial charge in [0.15, 0.2) is 0 Å². The summed E-state index contributed by atoms with van der Waals surface area (Å²) in [4.78, 5) is 15.1. The third-order valence-corrected chi connectivity index (χ3v) is 9.77. The number of nitrogens with zero attached hydrogens (tertiary/aromatic N) is 1. The lowest BCUT2D eigenvalue weighted by molar-refractivity contribution is -0.150. The van der Waals surface area contributed by atoms with Crippen LogP contribution in [0.4, 0.5) is 0 Å². The minimum Gasteiger partial charge on any atom is -0.462 e. The first-order chi connectivity index (χ1) is 25.2. The molecule has 0 aliphatic heterocycles. The van der Waals surface area contributed by atoms with Crippen molar-refractivity contribution in [2.24, 2.45) is 0 Å². The number of esters is 1. The van der Waals surface area contributed by atoms with Gasteiger partial charge in [0.2, 0.25) is 0 Å². The van der Waals surface area contributed by atoms with E-state index in [1.807, 2.05) is 0 Å². The minimum atomic E-state index is 0.00684. The standard InChI is InChI=1S/C46H85NO2.CH5NO/c1-7-9-11-13-15-17-19-21-23-25-27-29-31-33-35-37-40-44(49-45(48)42-39-43-47(6)46(3,4)5)41-38-36-34-32-30-28-26-24-22-20-18-16-14-12-10-8-2;1-2-3/h15-18,21-24,44H,7-14,19-20,25-43H2,1-6H3;2-3H,1H3/b17-15-,18-16-,23-21-,24-22-;. The minimum absolute atomic E-state index is 0.00684. The summed E-state index contributed by atoms with van der Waals surface area (Å²) in [5.41, 5.74) is 1.88. The van der Waals surface area contributed by atoms with Gasteiger partial charge < -0.3 is 14.8 Å². The second-order valence-electron chi connectivity index (χ2n) is 15.8. The molecule has 0 atom stereocenters. The maximum absolute atomic E-state index is 12.8. The van der Waals surface area contributed by atoms with Crippen LogP contribution < -0.4 is 5.48 Å². The van der Waals surface area contributed by atoms with Gasteiger partial charge in [-0.15, -0.1) is 0 Å². The molecule has 0 aliphatic rings. The van der Waals surface area contributed by atoms with Crippen LogP contribution in [0.2, 0.25) is 0 Å². The molecule has 0 heterocycles. The van der Waals surface area contributed by atoms with Gasteiger partial charge in [0, 0.05) is 19.0 Å². The first-order valence-electron chi connectivity index (χ1n) is 22.0. The molecule has 0 spiro atoms. The van der Waals surface area contributed by atoms with Gasteiger partial charge in [0.1, 0.15) is 6.10 Å². The van der Waals surface area contributed by atoms with Gasteiger partial charge in [-0.2, -0.15) is 0 Å². The van der Waals surface area contributed by atoms with Crippen LogP contribution >= 0.6 is 0 Å². The van der Waals surface area contributed by atoms with Crippen LogP contribution in [0.1, 0.15) is 214 Å². The normalized spacial score (nSPS) is 12.3. The van der Waals surface area contributed by atoms with Gasteiger partial charge in [-0.25, -0.2) is 5.48 Å². The van der Waals surface area contributed by atoms with Crippen molar-refractivity contribution in [3.63, 3.8) is 0 Å². The lowest BCUT2D eigenvalue weighted by atomic mass is 10.0. The zero-order valence-electron chi connectivity index (χ0n) is 35.9. The zero-order chi connectivity index (χ0) is 38.8. The van der Waals surface area contributed by atoms with Crippen molar-refractivity contribution in [1.82, 2.24) is 10.4 Å². The maximum atomic E-state index is 12.8. The van der Waals surface area contributed by atoms with E-state index in [1.54, 1.807) is 5.48 Å². The molecule has 306 valence electrons. The highest BCUT2D eigenvalue weighted by Crippen LogP contribution is 2.19. The highest BCUT2D eigenvalue weighted by atomic mass is 16.5. The maximum Gasteiger partial charge on any atom is 0.306 e. The largest absolute Gasteiger partial charge is 0.462 e. The first kappa shape index (κ1) is 52.4. The molecule has 0 unspecified atom stereocenters. The van der Waals surface area contributed by atoms with Crippen LogP contribution in [-0.2, 0) is 9.53 Å². The number of unbranched alkanes of at least 4 members (excludes halogenated alkanes) is 18. The van der Waals surface area contributed by atoms with Crippen LogP contribution in [-0.4, -0.2) is 48.4 Å². The van der Waals surface area contributed by atoms with E-state index in [0.717, 1.165) is 38.6 Å². The molecule has 5 heteroatoms. The Bertz CT molecular complexity index is 794. The Labute approximate surface area is 325 Å². The zero-order valence-corrected chi connectivity index (χ0v) is 35.9. The fourth-order valence-electron chi connectivity index (χ4n) is 6.02. The smallest absolute Gasteiger partial charge is 0.306 e. The summed E-state index contributed by atoms with van der Waals surface area (Å²) in [6, 6.07) is 0. The van der Waals surface area contributed by atoms with E-state index in [4.69, 9.17) is 9.94 Å². The van der Waals surface area contributed by atoms with E-state index >= 15 is 0 Å². The lowest BCUT2D eigenvalue weighted by Gasteiger charge is -2.31. The number of nitrogens with one attached hydrogen (secondary N) is 1. The highest BCUT2D eigenvalue weighted by molar-refractivity contribution is 5.69. The molecular formula is C47H90N2O3. The fraction of sp³-hybridized carbons (Fsp3) is 0.809. The quantitative estimate of drug-likeness (QED) is 0.0294. The number of hydroxylamine groups is 1. The van der Waals surface area contributed by atoms with Gasteiger partial charge in [0.05, 0.1) is 0 Å². The summed E-state index contributed by atoms with van der Waals surface area (Å²) in [7, 11) is 3.57. The number of carbonyl (C=O) groups excluding carboxylic acids is 1. The molecule has 5 nitrogen and oxygen atoms in total. The second-order valence-corrected chi connectivity index (χ2v) is 15.8. The Hall–Kier alpha value is -1.69. The predicted octanol–water partition coefficient (Wildman–Crippen LogP) is 14.4. The highest BCUT2D eigenvalue weighted by Gasteiger charge is 2.18. The molecule has 0 aromatic carbocycles. The molecule has 0 saturated carbocycles. The summed E-state index contributed by atoms with van der Waals surface area (Å²) >= 11 is 0. The predicted molar refractivity (Wildman–Crippen MR) is 230 cm³/mol. The Kier molecular flexibility index (Phi) is 42.4. The van der Waals surface area contributed by atoms with Crippen molar-refractivity contribution >= 4 is 5.97 Å². The van der Waals surface area contributed by atoms with Crippen LogP contribution in [0, 0.1) is 0 Å². The van der Waals surface area contributed by atoms with Gasteiger partial charge in [-0.05, 0) is 131 Å². The van der Waals surface area contributed by atoms with Gasteiger partial charge in [0.25, 0.3) is 0 Å². The van der Waals surface area contributed by atoms with Crippen LogP contribution in [0.3, 0.4) is 0 Å². The van der Waals surface area contributed by atoms with Crippen molar-refractivity contribution in [2.75, 3.05) is 20.6 Å². The average Bonchev–Trinajstić information content (AvgIpc) is 3.11. The Morgan fingerprint density at radius 1 is 0.596 bits per heavy atom. The van der Waals surface area contributed by atoms with E-state index in [1.165, 1.54) is 148 Å². The summed E-state index contributed by atoms with van der Waals surface area (Å²) in [5, 5.41) is 7.32. The van der Waals surface area contributed by atoms with Crippen LogP contribution in [0.25, 0.3) is 0 Å². The summed E-state index contributed by atoms with van der Waals surface area (Å²) in [6.07, 6.45) is 52.7. The molecule has 0 fully saturated rings. The van der Waals surface area contributed by atoms with E-state index < -0.39 is 0 Å².